The standard InChI is InChI=1S/C15H12BrClF2/c16-9-12(10-4-6-13(18)7-5-10)8-11-2-1-3-14(19)15(11)17/h1-7,12H,8-9H2. The SMILES string of the molecule is Fc1ccc(C(CBr)Cc2cccc(F)c2Cl)cc1. The van der Waals surface area contributed by atoms with Crippen molar-refractivity contribution in [3.8, 4) is 0 Å². The third-order valence-electron chi connectivity index (χ3n) is 3.03. The molecule has 0 aromatic heterocycles. The third kappa shape index (κ3) is 3.54. The summed E-state index contributed by atoms with van der Waals surface area (Å²) < 4.78 is 26.3. The van der Waals surface area contributed by atoms with Gasteiger partial charge in [-0.3, -0.25) is 0 Å². The molecule has 0 bridgehead atoms. The molecule has 1 atom stereocenters. The van der Waals surface area contributed by atoms with Crippen LogP contribution in [-0.4, -0.2) is 5.33 Å². The summed E-state index contributed by atoms with van der Waals surface area (Å²) in [5.74, 6) is -0.549. The Hall–Kier alpha value is -0.930. The van der Waals surface area contributed by atoms with Crippen LogP contribution in [0.15, 0.2) is 42.5 Å². The van der Waals surface area contributed by atoms with Gasteiger partial charge in [0.25, 0.3) is 0 Å². The lowest BCUT2D eigenvalue weighted by Crippen LogP contribution is -2.05. The lowest BCUT2D eigenvalue weighted by Gasteiger charge is -2.15. The molecule has 0 aliphatic heterocycles. The van der Waals surface area contributed by atoms with Crippen LogP contribution in [0.5, 0.6) is 0 Å². The molecule has 0 saturated carbocycles. The number of hydrogen-bond acceptors (Lipinski definition) is 0. The highest BCUT2D eigenvalue weighted by Crippen LogP contribution is 2.28. The molecular weight excluding hydrogens is 334 g/mol. The van der Waals surface area contributed by atoms with Crippen LogP contribution < -0.4 is 0 Å². The molecule has 0 fully saturated rings. The number of hydrogen-bond donors (Lipinski definition) is 0. The zero-order chi connectivity index (χ0) is 13.8. The van der Waals surface area contributed by atoms with E-state index in [4.69, 9.17) is 11.6 Å². The van der Waals surface area contributed by atoms with E-state index in [1.807, 2.05) is 6.07 Å². The third-order valence-corrected chi connectivity index (χ3v) is 4.23. The Morgan fingerprint density at radius 1 is 1.05 bits per heavy atom. The van der Waals surface area contributed by atoms with E-state index >= 15 is 0 Å². The number of rotatable bonds is 4. The zero-order valence-corrected chi connectivity index (χ0v) is 12.4. The lowest BCUT2D eigenvalue weighted by atomic mass is 9.93. The van der Waals surface area contributed by atoms with Crippen LogP contribution in [-0.2, 0) is 6.42 Å². The molecule has 2 rings (SSSR count). The summed E-state index contributed by atoms with van der Waals surface area (Å²) in [6.07, 6.45) is 0.605. The fourth-order valence-corrected chi connectivity index (χ4v) is 2.77. The predicted octanol–water partition coefficient (Wildman–Crippen LogP) is 5.34. The van der Waals surface area contributed by atoms with Gasteiger partial charge in [-0.25, -0.2) is 8.78 Å². The van der Waals surface area contributed by atoms with Crippen molar-refractivity contribution in [2.45, 2.75) is 12.3 Å². The topological polar surface area (TPSA) is 0 Å². The minimum atomic E-state index is -0.411. The van der Waals surface area contributed by atoms with Crippen LogP contribution in [0.2, 0.25) is 5.02 Å². The first-order chi connectivity index (χ1) is 9.11. The van der Waals surface area contributed by atoms with Crippen molar-refractivity contribution < 1.29 is 8.78 Å². The van der Waals surface area contributed by atoms with Gasteiger partial charge in [0.2, 0.25) is 0 Å². The lowest BCUT2D eigenvalue weighted by molar-refractivity contribution is 0.622. The summed E-state index contributed by atoms with van der Waals surface area (Å²) in [4.78, 5) is 0. The minimum Gasteiger partial charge on any atom is -0.207 e. The first-order valence-electron chi connectivity index (χ1n) is 5.86. The average molecular weight is 346 g/mol. The second-order valence-electron chi connectivity index (χ2n) is 4.32. The van der Waals surface area contributed by atoms with Gasteiger partial charge in [0.1, 0.15) is 11.6 Å². The Morgan fingerprint density at radius 2 is 1.74 bits per heavy atom. The predicted molar refractivity (Wildman–Crippen MR) is 78.0 cm³/mol. The first-order valence-corrected chi connectivity index (χ1v) is 7.36. The molecule has 0 nitrogen and oxygen atoms in total. The average Bonchev–Trinajstić information content (AvgIpc) is 2.42. The van der Waals surface area contributed by atoms with Crippen LogP contribution in [0.3, 0.4) is 0 Å². The van der Waals surface area contributed by atoms with Gasteiger partial charge in [0.05, 0.1) is 5.02 Å². The summed E-state index contributed by atoms with van der Waals surface area (Å²) in [5, 5.41) is 0.862. The molecule has 100 valence electrons. The van der Waals surface area contributed by atoms with Crippen molar-refractivity contribution in [3.05, 3.63) is 70.2 Å². The minimum absolute atomic E-state index is 0.125. The van der Waals surface area contributed by atoms with Crippen molar-refractivity contribution in [1.29, 1.82) is 0 Å². The molecule has 1 unspecified atom stereocenters. The van der Waals surface area contributed by atoms with Crippen LogP contribution in [0.25, 0.3) is 0 Å². The fraction of sp³-hybridized carbons (Fsp3) is 0.200. The van der Waals surface area contributed by atoms with Gasteiger partial charge >= 0.3 is 0 Å². The van der Waals surface area contributed by atoms with E-state index in [-0.39, 0.29) is 16.8 Å². The van der Waals surface area contributed by atoms with Gasteiger partial charge in [-0.2, -0.15) is 0 Å². The second-order valence-corrected chi connectivity index (χ2v) is 5.35. The van der Waals surface area contributed by atoms with E-state index in [1.54, 1.807) is 18.2 Å². The maximum atomic E-state index is 13.4. The van der Waals surface area contributed by atoms with Crippen molar-refractivity contribution >= 4 is 27.5 Å². The second kappa shape index (κ2) is 6.49. The first kappa shape index (κ1) is 14.5. The molecule has 0 N–H and O–H groups in total. The number of halogens is 4. The Labute approximate surface area is 124 Å². The van der Waals surface area contributed by atoms with Gasteiger partial charge in [-0.15, -0.1) is 0 Å². The summed E-state index contributed by atoms with van der Waals surface area (Å²) in [5.41, 5.74) is 1.76. The quantitative estimate of drug-likeness (QED) is 0.656. The molecule has 0 saturated heterocycles. The molecule has 19 heavy (non-hydrogen) atoms. The van der Waals surface area contributed by atoms with Crippen molar-refractivity contribution in [3.63, 3.8) is 0 Å². The summed E-state index contributed by atoms with van der Waals surface area (Å²) in [6.45, 7) is 0. The Kier molecular flexibility index (Phi) is 4.94. The molecule has 4 heteroatoms. The van der Waals surface area contributed by atoms with E-state index in [2.05, 4.69) is 15.9 Å². The number of alkyl halides is 1. The van der Waals surface area contributed by atoms with E-state index in [0.29, 0.717) is 11.8 Å². The van der Waals surface area contributed by atoms with Crippen molar-refractivity contribution in [2.24, 2.45) is 0 Å². The normalized spacial score (nSPS) is 12.4. The van der Waals surface area contributed by atoms with Crippen LogP contribution in [0.4, 0.5) is 8.78 Å². The highest BCUT2D eigenvalue weighted by Gasteiger charge is 2.14. The van der Waals surface area contributed by atoms with Crippen molar-refractivity contribution in [1.82, 2.24) is 0 Å². The van der Waals surface area contributed by atoms with E-state index in [1.165, 1.54) is 18.2 Å². The number of benzene rings is 2. The molecule has 0 heterocycles. The van der Waals surface area contributed by atoms with E-state index in [9.17, 15) is 8.78 Å². The monoisotopic (exact) mass is 344 g/mol. The highest BCUT2D eigenvalue weighted by molar-refractivity contribution is 9.09. The fourth-order valence-electron chi connectivity index (χ4n) is 1.97. The van der Waals surface area contributed by atoms with Gasteiger partial charge in [0, 0.05) is 5.33 Å². The Morgan fingerprint density at radius 3 is 2.37 bits per heavy atom. The molecule has 0 spiro atoms. The Bertz CT molecular complexity index is 555. The van der Waals surface area contributed by atoms with Crippen LogP contribution in [0, 0.1) is 11.6 Å². The maximum Gasteiger partial charge on any atom is 0.142 e. The van der Waals surface area contributed by atoms with Gasteiger partial charge < -0.3 is 0 Å². The zero-order valence-electron chi connectivity index (χ0n) is 10.0. The van der Waals surface area contributed by atoms with E-state index < -0.39 is 5.82 Å². The molecule has 0 radical (unpaired) electrons. The van der Waals surface area contributed by atoms with Gasteiger partial charge in [-0.05, 0) is 41.7 Å². The smallest absolute Gasteiger partial charge is 0.142 e. The molecule has 2 aromatic carbocycles. The maximum absolute atomic E-state index is 13.4. The largest absolute Gasteiger partial charge is 0.207 e. The summed E-state index contributed by atoms with van der Waals surface area (Å²) in [7, 11) is 0. The summed E-state index contributed by atoms with van der Waals surface area (Å²) >= 11 is 9.40. The summed E-state index contributed by atoms with van der Waals surface area (Å²) in [6, 6.07) is 11.1. The van der Waals surface area contributed by atoms with Gasteiger partial charge in [-0.1, -0.05) is 51.8 Å². The van der Waals surface area contributed by atoms with Crippen LogP contribution in [0.1, 0.15) is 17.0 Å². The highest BCUT2D eigenvalue weighted by atomic mass is 79.9. The van der Waals surface area contributed by atoms with Gasteiger partial charge in [0.15, 0.2) is 0 Å². The van der Waals surface area contributed by atoms with Crippen LogP contribution >= 0.6 is 27.5 Å². The van der Waals surface area contributed by atoms with E-state index in [0.717, 1.165) is 11.1 Å². The molecule has 0 aliphatic rings. The molecule has 0 aliphatic carbocycles. The molecule has 2 aromatic rings. The molecular formula is C15H12BrClF2. The molecule has 0 amide bonds. The Balaban J connectivity index is 2.24. The van der Waals surface area contributed by atoms with Crippen molar-refractivity contribution in [2.75, 3.05) is 5.33 Å².